The maximum Gasteiger partial charge on any atom is 0.295 e. The number of phenolic OH excluding ortho intramolecular Hbond substituents is 2. The van der Waals surface area contributed by atoms with E-state index in [1.54, 1.807) is 0 Å². The molecule has 204 valence electrons. The van der Waals surface area contributed by atoms with Crippen molar-refractivity contribution in [2.24, 2.45) is 0 Å². The number of hydrogen-bond acceptors (Lipinski definition) is 10. The Bertz CT molecular complexity index is 2030. The zero-order valence-electron chi connectivity index (χ0n) is 18.4. The predicted octanol–water partition coefficient (Wildman–Crippen LogP) is 2.08. The van der Waals surface area contributed by atoms with Gasteiger partial charge in [0.1, 0.15) is 16.4 Å². The minimum atomic E-state index is -4.60. The van der Waals surface area contributed by atoms with Crippen molar-refractivity contribution in [2.75, 3.05) is 0 Å². The fourth-order valence-corrected chi connectivity index (χ4v) is 5.53. The Morgan fingerprint density at radius 3 is 1.39 bits per heavy atom. The molecule has 0 spiro atoms. The van der Waals surface area contributed by atoms with Crippen LogP contribution in [0.25, 0.3) is 21.5 Å². The molecule has 0 bridgehead atoms. The standard InChI is InChI=1S/2C10H8O7S2/c11-10-5-8(19(15,16)17)4-6-3-7(18(12,13)14)1-2-9(6)10;11-9-3-4-10(19(15,16)17)8-5-6(18(12,13)14)1-2-7(8)9/h2*1-5,11H,(H,12,13,14)(H,15,16,17). The molecule has 0 saturated heterocycles. The van der Waals surface area contributed by atoms with E-state index in [2.05, 4.69) is 0 Å². The summed E-state index contributed by atoms with van der Waals surface area (Å²) in [5.74, 6) is -0.726. The van der Waals surface area contributed by atoms with E-state index in [9.17, 15) is 43.9 Å². The van der Waals surface area contributed by atoms with Crippen LogP contribution in [0.5, 0.6) is 11.5 Å². The van der Waals surface area contributed by atoms with Gasteiger partial charge in [0.15, 0.2) is 0 Å². The molecule has 0 amide bonds. The summed E-state index contributed by atoms with van der Waals surface area (Å²) >= 11 is 0. The van der Waals surface area contributed by atoms with Gasteiger partial charge in [0.05, 0.1) is 14.7 Å². The van der Waals surface area contributed by atoms with Crippen LogP contribution in [0.1, 0.15) is 0 Å². The van der Waals surface area contributed by atoms with Crippen LogP contribution in [0.2, 0.25) is 0 Å². The summed E-state index contributed by atoms with van der Waals surface area (Å²) in [6.45, 7) is 0. The van der Waals surface area contributed by atoms with Crippen LogP contribution in [-0.2, 0) is 40.5 Å². The molecule has 0 radical (unpaired) electrons. The van der Waals surface area contributed by atoms with Crippen molar-refractivity contribution in [1.82, 2.24) is 0 Å². The lowest BCUT2D eigenvalue weighted by Gasteiger charge is -2.07. The second-order valence-electron chi connectivity index (χ2n) is 7.52. The van der Waals surface area contributed by atoms with Crippen molar-refractivity contribution >= 4 is 62.0 Å². The lowest BCUT2D eigenvalue weighted by atomic mass is 10.1. The molecule has 0 aliphatic rings. The molecule has 0 unspecified atom stereocenters. The van der Waals surface area contributed by atoms with Gasteiger partial charge < -0.3 is 10.2 Å². The Hall–Kier alpha value is -3.36. The smallest absolute Gasteiger partial charge is 0.295 e. The van der Waals surface area contributed by atoms with E-state index in [1.807, 2.05) is 0 Å². The van der Waals surface area contributed by atoms with Crippen LogP contribution in [-0.4, -0.2) is 62.1 Å². The Kier molecular flexibility index (Phi) is 7.49. The number of benzene rings is 4. The first-order valence-electron chi connectivity index (χ1n) is 9.62. The third-order valence-electron chi connectivity index (χ3n) is 4.97. The third-order valence-corrected chi connectivity index (χ3v) is 8.41. The molecular formula is C20H16O14S4. The largest absolute Gasteiger partial charge is 0.507 e. The molecule has 0 atom stereocenters. The summed E-state index contributed by atoms with van der Waals surface area (Å²) in [6.07, 6.45) is 0. The molecule has 14 nitrogen and oxygen atoms in total. The molecule has 0 aliphatic carbocycles. The molecule has 4 rings (SSSR count). The molecule has 4 aromatic carbocycles. The van der Waals surface area contributed by atoms with Gasteiger partial charge in [-0.15, -0.1) is 0 Å². The SMILES string of the molecule is O=S(=O)(O)c1ccc2c(O)cc(S(=O)(=O)O)cc2c1.O=S(=O)(O)c1ccc2c(O)ccc(S(=O)(=O)O)c2c1. The average Bonchev–Trinajstić information content (AvgIpc) is 2.76. The highest BCUT2D eigenvalue weighted by molar-refractivity contribution is 7.86. The molecule has 0 aromatic heterocycles. The first-order valence-corrected chi connectivity index (χ1v) is 15.4. The average molecular weight is 609 g/mol. The van der Waals surface area contributed by atoms with E-state index < -0.39 is 65.8 Å². The fourth-order valence-electron chi connectivity index (χ4n) is 3.28. The molecule has 0 fully saturated rings. The van der Waals surface area contributed by atoms with Crippen molar-refractivity contribution in [1.29, 1.82) is 0 Å². The van der Waals surface area contributed by atoms with Gasteiger partial charge in [-0.1, -0.05) is 0 Å². The summed E-state index contributed by atoms with van der Waals surface area (Å²) < 4.78 is 124. The molecule has 18 heteroatoms. The van der Waals surface area contributed by atoms with Crippen LogP contribution in [0.15, 0.2) is 80.2 Å². The second kappa shape index (κ2) is 9.75. The van der Waals surface area contributed by atoms with Crippen molar-refractivity contribution in [3.8, 4) is 11.5 Å². The lowest BCUT2D eigenvalue weighted by molar-refractivity contribution is 0.470. The Morgan fingerprint density at radius 1 is 0.421 bits per heavy atom. The van der Waals surface area contributed by atoms with Crippen LogP contribution in [0.3, 0.4) is 0 Å². The quantitative estimate of drug-likeness (QED) is 0.181. The van der Waals surface area contributed by atoms with Crippen LogP contribution < -0.4 is 0 Å². The molecule has 4 aromatic rings. The minimum Gasteiger partial charge on any atom is -0.507 e. The van der Waals surface area contributed by atoms with Gasteiger partial charge in [0, 0.05) is 22.2 Å². The van der Waals surface area contributed by atoms with E-state index >= 15 is 0 Å². The first kappa shape index (κ1) is 29.2. The summed E-state index contributed by atoms with van der Waals surface area (Å²) in [5, 5.41) is 19.2. The molecule has 0 saturated carbocycles. The van der Waals surface area contributed by atoms with Gasteiger partial charge in [-0.2, -0.15) is 33.7 Å². The number of fused-ring (bicyclic) bond motifs is 2. The van der Waals surface area contributed by atoms with Crippen molar-refractivity contribution < 1.29 is 62.1 Å². The minimum absolute atomic E-state index is 0.0301. The summed E-state index contributed by atoms with van der Waals surface area (Å²) in [5.41, 5.74) is 0. The van der Waals surface area contributed by atoms with Gasteiger partial charge >= 0.3 is 0 Å². The molecular weight excluding hydrogens is 592 g/mol. The second-order valence-corrected chi connectivity index (χ2v) is 13.2. The van der Waals surface area contributed by atoms with Gasteiger partial charge in [-0.05, 0) is 60.0 Å². The lowest BCUT2D eigenvalue weighted by Crippen LogP contribution is -2.01. The molecule has 38 heavy (non-hydrogen) atoms. The third kappa shape index (κ3) is 6.37. The normalized spacial score (nSPS) is 12.7. The van der Waals surface area contributed by atoms with Gasteiger partial charge in [-0.25, -0.2) is 0 Å². The number of phenols is 2. The van der Waals surface area contributed by atoms with Crippen molar-refractivity contribution in [3.05, 3.63) is 60.7 Å². The van der Waals surface area contributed by atoms with E-state index in [0.717, 1.165) is 54.6 Å². The summed E-state index contributed by atoms with van der Waals surface area (Å²) in [4.78, 5) is -2.14. The highest BCUT2D eigenvalue weighted by Crippen LogP contribution is 2.32. The van der Waals surface area contributed by atoms with Gasteiger partial charge in [-0.3, -0.25) is 18.2 Å². The van der Waals surface area contributed by atoms with E-state index in [4.69, 9.17) is 18.2 Å². The predicted molar refractivity (Wildman–Crippen MR) is 130 cm³/mol. The van der Waals surface area contributed by atoms with E-state index in [1.165, 1.54) is 6.07 Å². The van der Waals surface area contributed by atoms with Crippen LogP contribution in [0, 0.1) is 0 Å². The monoisotopic (exact) mass is 608 g/mol. The molecule has 0 heterocycles. The van der Waals surface area contributed by atoms with Crippen LogP contribution >= 0.6 is 0 Å². The zero-order valence-corrected chi connectivity index (χ0v) is 21.6. The molecule has 0 aliphatic heterocycles. The first-order chi connectivity index (χ1) is 17.2. The number of hydrogen-bond donors (Lipinski definition) is 6. The van der Waals surface area contributed by atoms with Crippen LogP contribution in [0.4, 0.5) is 0 Å². The van der Waals surface area contributed by atoms with Crippen molar-refractivity contribution in [3.63, 3.8) is 0 Å². The maximum absolute atomic E-state index is 11.2. The summed E-state index contributed by atoms with van der Waals surface area (Å²) in [7, 11) is -18.1. The topological polar surface area (TPSA) is 258 Å². The fraction of sp³-hybridized carbons (Fsp3) is 0. The zero-order chi connectivity index (χ0) is 28.8. The van der Waals surface area contributed by atoms with Gasteiger partial charge in [0.2, 0.25) is 0 Å². The highest BCUT2D eigenvalue weighted by Gasteiger charge is 2.19. The van der Waals surface area contributed by atoms with Crippen molar-refractivity contribution in [2.45, 2.75) is 19.6 Å². The maximum atomic E-state index is 11.2. The van der Waals surface area contributed by atoms with E-state index in [-0.39, 0.29) is 27.3 Å². The number of rotatable bonds is 4. The molecule has 6 N–H and O–H groups in total. The number of aromatic hydroxyl groups is 2. The highest BCUT2D eigenvalue weighted by atomic mass is 32.2. The Balaban J connectivity index is 0.000000211. The van der Waals surface area contributed by atoms with Gasteiger partial charge in [0.25, 0.3) is 40.5 Å². The Morgan fingerprint density at radius 2 is 0.895 bits per heavy atom. The summed E-state index contributed by atoms with van der Waals surface area (Å²) in [6, 6.07) is 10.1. The van der Waals surface area contributed by atoms with E-state index in [0.29, 0.717) is 0 Å². The Labute approximate surface area is 215 Å².